The fourth-order valence-corrected chi connectivity index (χ4v) is 2.24. The molecule has 0 bridgehead atoms. The summed E-state index contributed by atoms with van der Waals surface area (Å²) in [7, 11) is 0. The largest absolute Gasteiger partial charge is 0.371 e. The average Bonchev–Trinajstić information content (AvgIpc) is 2.82. The maximum Gasteiger partial charge on any atom is 0.0870 e. The van der Waals surface area contributed by atoms with Gasteiger partial charge in [0.05, 0.1) is 13.2 Å². The lowest BCUT2D eigenvalue weighted by atomic mass is 10.2. The Morgan fingerprint density at radius 2 is 1.79 bits per heavy atom. The first-order valence-corrected chi connectivity index (χ1v) is 6.51. The Labute approximate surface area is 113 Å². The third kappa shape index (κ3) is 2.85. The normalized spacial score (nSPS) is 11.0. The van der Waals surface area contributed by atoms with Gasteiger partial charge in [0.15, 0.2) is 0 Å². The summed E-state index contributed by atoms with van der Waals surface area (Å²) >= 11 is 0. The van der Waals surface area contributed by atoms with Crippen molar-refractivity contribution in [3.63, 3.8) is 0 Å². The molecule has 1 aromatic heterocycles. The predicted molar refractivity (Wildman–Crippen MR) is 78.0 cm³/mol. The Morgan fingerprint density at radius 3 is 2.63 bits per heavy atom. The molecule has 1 heterocycles. The van der Waals surface area contributed by atoms with Crippen LogP contribution in [0.3, 0.4) is 0 Å². The first-order chi connectivity index (χ1) is 9.31. The molecule has 0 aliphatic heterocycles. The van der Waals surface area contributed by atoms with E-state index in [-0.39, 0.29) is 0 Å². The van der Waals surface area contributed by atoms with Crippen LogP contribution in [-0.2, 0) is 18.0 Å². The minimum Gasteiger partial charge on any atom is -0.371 e. The number of aryl methyl sites for hydroxylation is 1. The summed E-state index contributed by atoms with van der Waals surface area (Å²) < 4.78 is 5.73. The van der Waals surface area contributed by atoms with Crippen molar-refractivity contribution in [2.24, 2.45) is 0 Å². The van der Waals surface area contributed by atoms with Crippen LogP contribution in [0.5, 0.6) is 0 Å². The minimum absolute atomic E-state index is 0.614. The highest BCUT2D eigenvalue weighted by atomic mass is 16.5. The second-order valence-corrected chi connectivity index (χ2v) is 4.86. The lowest BCUT2D eigenvalue weighted by molar-refractivity contribution is 0.105. The standard InChI is InChI=1S/C17H17NO/c1-13-7-8-17-15(9-13)10-16(18-17)12-19-11-14-5-3-2-4-6-14/h2-10,18H,11-12H2,1H3. The van der Waals surface area contributed by atoms with Gasteiger partial charge in [0.2, 0.25) is 0 Å². The van der Waals surface area contributed by atoms with Gasteiger partial charge < -0.3 is 9.72 Å². The molecule has 0 saturated heterocycles. The van der Waals surface area contributed by atoms with Crippen molar-refractivity contribution in [2.45, 2.75) is 20.1 Å². The summed E-state index contributed by atoms with van der Waals surface area (Å²) in [6.45, 7) is 3.37. The molecule has 0 saturated carbocycles. The number of aromatic amines is 1. The van der Waals surface area contributed by atoms with Gasteiger partial charge in [0.1, 0.15) is 0 Å². The van der Waals surface area contributed by atoms with E-state index in [0.29, 0.717) is 13.2 Å². The van der Waals surface area contributed by atoms with Crippen LogP contribution in [0.25, 0.3) is 10.9 Å². The number of H-pyrrole nitrogens is 1. The predicted octanol–water partition coefficient (Wildman–Crippen LogP) is 4.19. The monoisotopic (exact) mass is 251 g/mol. The molecule has 96 valence electrons. The molecule has 1 N–H and O–H groups in total. The average molecular weight is 251 g/mol. The molecule has 0 atom stereocenters. The van der Waals surface area contributed by atoms with Crippen molar-refractivity contribution in [1.82, 2.24) is 4.98 Å². The third-order valence-corrected chi connectivity index (χ3v) is 3.20. The van der Waals surface area contributed by atoms with Gasteiger partial charge in [-0.15, -0.1) is 0 Å². The van der Waals surface area contributed by atoms with Crippen molar-refractivity contribution in [1.29, 1.82) is 0 Å². The smallest absolute Gasteiger partial charge is 0.0870 e. The van der Waals surface area contributed by atoms with Gasteiger partial charge >= 0.3 is 0 Å². The first-order valence-electron chi connectivity index (χ1n) is 6.51. The third-order valence-electron chi connectivity index (χ3n) is 3.20. The summed E-state index contributed by atoms with van der Waals surface area (Å²) in [5.74, 6) is 0. The van der Waals surface area contributed by atoms with Gasteiger partial charge in [-0.05, 0) is 36.1 Å². The molecule has 2 aromatic carbocycles. The van der Waals surface area contributed by atoms with Gasteiger partial charge in [-0.3, -0.25) is 0 Å². The van der Waals surface area contributed by atoms with E-state index in [4.69, 9.17) is 4.74 Å². The van der Waals surface area contributed by atoms with Crippen LogP contribution in [0, 0.1) is 6.92 Å². The fourth-order valence-electron chi connectivity index (χ4n) is 2.24. The number of benzene rings is 2. The lowest BCUT2D eigenvalue weighted by Gasteiger charge is -2.02. The van der Waals surface area contributed by atoms with Gasteiger partial charge in [-0.2, -0.15) is 0 Å². The highest BCUT2D eigenvalue weighted by Gasteiger charge is 2.01. The summed E-state index contributed by atoms with van der Waals surface area (Å²) in [4.78, 5) is 3.38. The van der Waals surface area contributed by atoms with Crippen molar-refractivity contribution >= 4 is 10.9 Å². The minimum atomic E-state index is 0.614. The molecular formula is C17H17NO. The molecule has 3 rings (SSSR count). The Morgan fingerprint density at radius 1 is 0.947 bits per heavy atom. The van der Waals surface area contributed by atoms with Crippen LogP contribution < -0.4 is 0 Å². The highest BCUT2D eigenvalue weighted by Crippen LogP contribution is 2.17. The summed E-state index contributed by atoms with van der Waals surface area (Å²) in [6.07, 6.45) is 0. The molecule has 3 aromatic rings. The zero-order chi connectivity index (χ0) is 13.1. The van der Waals surface area contributed by atoms with Gasteiger partial charge in [0, 0.05) is 11.2 Å². The molecule has 0 aliphatic rings. The number of nitrogens with one attached hydrogen (secondary N) is 1. The topological polar surface area (TPSA) is 25.0 Å². The van der Waals surface area contributed by atoms with Crippen molar-refractivity contribution in [2.75, 3.05) is 0 Å². The van der Waals surface area contributed by atoms with E-state index < -0.39 is 0 Å². The van der Waals surface area contributed by atoms with Gasteiger partial charge in [-0.25, -0.2) is 0 Å². The molecule has 0 amide bonds. The summed E-state index contributed by atoms with van der Waals surface area (Å²) in [5, 5.41) is 1.25. The van der Waals surface area contributed by atoms with Crippen molar-refractivity contribution in [3.05, 3.63) is 71.4 Å². The zero-order valence-electron chi connectivity index (χ0n) is 11.0. The van der Waals surface area contributed by atoms with E-state index in [1.165, 1.54) is 22.0 Å². The molecule has 0 unspecified atom stereocenters. The molecular weight excluding hydrogens is 234 g/mol. The van der Waals surface area contributed by atoms with Crippen LogP contribution >= 0.6 is 0 Å². The highest BCUT2D eigenvalue weighted by molar-refractivity contribution is 5.81. The molecule has 2 nitrogen and oxygen atoms in total. The van der Waals surface area contributed by atoms with E-state index >= 15 is 0 Å². The Bertz CT molecular complexity index is 670. The Kier molecular flexibility index (Phi) is 3.34. The Balaban J connectivity index is 1.65. The van der Waals surface area contributed by atoms with Gasteiger partial charge in [-0.1, -0.05) is 42.0 Å². The van der Waals surface area contributed by atoms with Gasteiger partial charge in [0.25, 0.3) is 0 Å². The van der Waals surface area contributed by atoms with E-state index in [1.54, 1.807) is 0 Å². The second kappa shape index (κ2) is 5.29. The van der Waals surface area contributed by atoms with E-state index in [1.807, 2.05) is 18.2 Å². The quantitative estimate of drug-likeness (QED) is 0.738. The van der Waals surface area contributed by atoms with Crippen LogP contribution in [-0.4, -0.2) is 4.98 Å². The molecule has 2 heteroatoms. The molecule has 0 spiro atoms. The van der Waals surface area contributed by atoms with Crippen LogP contribution in [0.15, 0.2) is 54.6 Å². The fraction of sp³-hybridized carbons (Fsp3) is 0.176. The summed E-state index contributed by atoms with van der Waals surface area (Å²) in [5.41, 5.74) is 4.78. The second-order valence-electron chi connectivity index (χ2n) is 4.86. The maximum atomic E-state index is 5.73. The SMILES string of the molecule is Cc1ccc2[nH]c(COCc3ccccc3)cc2c1. The number of hydrogen-bond donors (Lipinski definition) is 1. The maximum absolute atomic E-state index is 5.73. The molecule has 0 aliphatic carbocycles. The summed E-state index contributed by atoms with van der Waals surface area (Å²) in [6, 6.07) is 18.8. The lowest BCUT2D eigenvalue weighted by Crippen LogP contribution is -1.93. The molecule has 0 fully saturated rings. The number of rotatable bonds is 4. The van der Waals surface area contributed by atoms with E-state index in [0.717, 1.165) is 5.69 Å². The number of fused-ring (bicyclic) bond motifs is 1. The number of ether oxygens (including phenoxy) is 1. The van der Waals surface area contributed by atoms with Crippen molar-refractivity contribution in [3.8, 4) is 0 Å². The molecule has 0 radical (unpaired) electrons. The molecule has 19 heavy (non-hydrogen) atoms. The van der Waals surface area contributed by atoms with E-state index in [2.05, 4.69) is 48.3 Å². The van der Waals surface area contributed by atoms with Crippen LogP contribution in [0.2, 0.25) is 0 Å². The first kappa shape index (κ1) is 12.0. The van der Waals surface area contributed by atoms with Crippen LogP contribution in [0.1, 0.15) is 16.8 Å². The number of hydrogen-bond acceptors (Lipinski definition) is 1. The van der Waals surface area contributed by atoms with Crippen LogP contribution in [0.4, 0.5) is 0 Å². The van der Waals surface area contributed by atoms with Crippen molar-refractivity contribution < 1.29 is 4.74 Å². The number of aromatic nitrogens is 1. The zero-order valence-corrected chi connectivity index (χ0v) is 11.0. The Hall–Kier alpha value is -2.06. The van der Waals surface area contributed by atoms with E-state index in [9.17, 15) is 0 Å².